The van der Waals surface area contributed by atoms with Crippen LogP contribution < -0.4 is 10.6 Å². The van der Waals surface area contributed by atoms with E-state index in [1.54, 1.807) is 36.0 Å². The van der Waals surface area contributed by atoms with Crippen molar-refractivity contribution >= 4 is 29.7 Å². The number of esters is 1. The monoisotopic (exact) mass is 310 g/mol. The highest BCUT2D eigenvalue weighted by Gasteiger charge is 2.12. The smallest absolute Gasteiger partial charge is 0.338 e. The van der Waals surface area contributed by atoms with E-state index in [-0.39, 0.29) is 0 Å². The summed E-state index contributed by atoms with van der Waals surface area (Å²) in [5.74, 6) is -1.27. The van der Waals surface area contributed by atoms with Crippen molar-refractivity contribution in [2.75, 3.05) is 19.4 Å². The van der Waals surface area contributed by atoms with Crippen LogP contribution in [0, 0.1) is 0 Å². The Morgan fingerprint density at radius 2 is 1.86 bits per heavy atom. The molecule has 0 aromatic heterocycles. The van der Waals surface area contributed by atoms with Gasteiger partial charge in [-0.05, 0) is 36.9 Å². The van der Waals surface area contributed by atoms with Crippen LogP contribution in [0.3, 0.4) is 0 Å². The quantitative estimate of drug-likeness (QED) is 0.618. The van der Waals surface area contributed by atoms with Gasteiger partial charge in [0.1, 0.15) is 0 Å². The van der Waals surface area contributed by atoms with Gasteiger partial charge < -0.3 is 10.1 Å². The molecular weight excluding hydrogens is 292 g/mol. The normalized spacial score (nSPS) is 9.81. The van der Waals surface area contributed by atoms with Crippen LogP contribution in [0.2, 0.25) is 0 Å². The van der Waals surface area contributed by atoms with Gasteiger partial charge in [-0.1, -0.05) is 6.92 Å². The molecule has 0 saturated carbocycles. The number of rotatable bonds is 6. The molecule has 1 aromatic rings. The van der Waals surface area contributed by atoms with Crippen molar-refractivity contribution in [3.63, 3.8) is 0 Å². The molecule has 1 aromatic carbocycles. The first-order chi connectivity index (χ1) is 10.1. The Hall–Kier alpha value is -2.02. The van der Waals surface area contributed by atoms with Crippen molar-refractivity contribution in [1.82, 2.24) is 10.6 Å². The Labute approximate surface area is 127 Å². The van der Waals surface area contributed by atoms with Gasteiger partial charge in [-0.2, -0.15) is 0 Å². The third-order valence-corrected chi connectivity index (χ3v) is 3.19. The summed E-state index contributed by atoms with van der Waals surface area (Å²) in [5.41, 5.74) is 0.357. The molecule has 0 atom stereocenters. The molecule has 0 bridgehead atoms. The van der Waals surface area contributed by atoms with Gasteiger partial charge in [0.15, 0.2) is 6.61 Å². The molecule has 0 spiro atoms. The third-order valence-electron chi connectivity index (χ3n) is 2.45. The minimum absolute atomic E-state index is 0.357. The van der Waals surface area contributed by atoms with E-state index in [0.29, 0.717) is 12.1 Å². The van der Waals surface area contributed by atoms with E-state index in [9.17, 15) is 14.4 Å². The van der Waals surface area contributed by atoms with Gasteiger partial charge in [-0.15, -0.1) is 11.8 Å². The summed E-state index contributed by atoms with van der Waals surface area (Å²) in [6.07, 6.45) is 2.70. The molecule has 6 nitrogen and oxygen atoms in total. The zero-order chi connectivity index (χ0) is 15.7. The van der Waals surface area contributed by atoms with Crippen LogP contribution in [0.4, 0.5) is 4.79 Å². The molecular formula is C14H18N2O4S. The van der Waals surface area contributed by atoms with E-state index in [0.717, 1.165) is 11.3 Å². The van der Waals surface area contributed by atoms with Gasteiger partial charge in [0.05, 0.1) is 5.56 Å². The summed E-state index contributed by atoms with van der Waals surface area (Å²) in [6.45, 7) is 1.87. The zero-order valence-electron chi connectivity index (χ0n) is 12.0. The van der Waals surface area contributed by atoms with Crippen LogP contribution in [0.15, 0.2) is 29.2 Å². The average molecular weight is 310 g/mol. The van der Waals surface area contributed by atoms with E-state index >= 15 is 0 Å². The van der Waals surface area contributed by atoms with Crippen LogP contribution in [0.1, 0.15) is 23.7 Å². The molecule has 3 amide bonds. The first kappa shape index (κ1) is 17.0. The van der Waals surface area contributed by atoms with Gasteiger partial charge in [0, 0.05) is 11.4 Å². The lowest BCUT2D eigenvalue weighted by Crippen LogP contribution is -2.41. The second-order valence-electron chi connectivity index (χ2n) is 4.11. The van der Waals surface area contributed by atoms with E-state index in [4.69, 9.17) is 4.74 Å². The molecule has 1 rings (SSSR count). The maximum Gasteiger partial charge on any atom is 0.338 e. The largest absolute Gasteiger partial charge is 0.452 e. The predicted molar refractivity (Wildman–Crippen MR) is 80.3 cm³/mol. The highest BCUT2D eigenvalue weighted by molar-refractivity contribution is 7.98. The molecule has 0 aliphatic carbocycles. The van der Waals surface area contributed by atoms with Crippen molar-refractivity contribution in [3.05, 3.63) is 29.8 Å². The maximum absolute atomic E-state index is 11.7. The lowest BCUT2D eigenvalue weighted by Gasteiger charge is -2.07. The molecule has 7 heteroatoms. The summed E-state index contributed by atoms with van der Waals surface area (Å²) in [6, 6.07) is 6.24. The number of urea groups is 1. The molecule has 0 saturated heterocycles. The van der Waals surface area contributed by atoms with Crippen LogP contribution in [-0.4, -0.2) is 37.3 Å². The van der Waals surface area contributed by atoms with Crippen molar-refractivity contribution in [3.8, 4) is 0 Å². The fourth-order valence-corrected chi connectivity index (χ4v) is 1.80. The highest BCUT2D eigenvalue weighted by Crippen LogP contribution is 2.15. The Morgan fingerprint density at radius 1 is 1.19 bits per heavy atom. The number of hydrogen-bond donors (Lipinski definition) is 2. The third kappa shape index (κ3) is 6.31. The number of carbonyl (C=O) groups is 3. The molecule has 0 aliphatic rings. The average Bonchev–Trinajstić information content (AvgIpc) is 2.50. The zero-order valence-corrected chi connectivity index (χ0v) is 12.8. The number of imide groups is 1. The van der Waals surface area contributed by atoms with E-state index in [1.165, 1.54) is 0 Å². The fraction of sp³-hybridized carbons (Fsp3) is 0.357. The summed E-state index contributed by atoms with van der Waals surface area (Å²) >= 11 is 1.56. The van der Waals surface area contributed by atoms with Crippen LogP contribution in [-0.2, 0) is 9.53 Å². The minimum atomic E-state index is -0.669. The Bertz CT molecular complexity index is 502. The molecule has 2 N–H and O–H groups in total. The molecule has 114 valence electrons. The second-order valence-corrected chi connectivity index (χ2v) is 4.99. The van der Waals surface area contributed by atoms with Crippen molar-refractivity contribution in [1.29, 1.82) is 0 Å². The van der Waals surface area contributed by atoms with E-state index in [1.807, 2.05) is 13.2 Å². The summed E-state index contributed by atoms with van der Waals surface area (Å²) in [5, 5.41) is 4.55. The lowest BCUT2D eigenvalue weighted by atomic mass is 10.2. The summed E-state index contributed by atoms with van der Waals surface area (Å²) in [4.78, 5) is 35.3. The van der Waals surface area contributed by atoms with Gasteiger partial charge in [0.2, 0.25) is 0 Å². The molecule has 0 heterocycles. The number of thioether (sulfide) groups is 1. The number of ether oxygens (including phenoxy) is 1. The Balaban J connectivity index is 2.37. The molecule has 21 heavy (non-hydrogen) atoms. The fourth-order valence-electron chi connectivity index (χ4n) is 1.39. The highest BCUT2D eigenvalue weighted by atomic mass is 32.2. The topological polar surface area (TPSA) is 84.5 Å². The minimum Gasteiger partial charge on any atom is -0.452 e. The Morgan fingerprint density at radius 3 is 2.43 bits per heavy atom. The number of nitrogens with one attached hydrogen (secondary N) is 2. The molecule has 0 aliphatic heterocycles. The van der Waals surface area contributed by atoms with Crippen LogP contribution in [0.25, 0.3) is 0 Å². The second kappa shape index (κ2) is 9.02. The number of amides is 3. The lowest BCUT2D eigenvalue weighted by molar-refractivity contribution is -0.123. The Kier molecular flexibility index (Phi) is 7.31. The van der Waals surface area contributed by atoms with Gasteiger partial charge >= 0.3 is 12.0 Å². The van der Waals surface area contributed by atoms with Crippen molar-refractivity contribution in [2.24, 2.45) is 0 Å². The molecule has 0 radical (unpaired) electrons. The molecule has 0 fully saturated rings. The number of benzene rings is 1. The maximum atomic E-state index is 11.7. The number of carbonyl (C=O) groups excluding carboxylic acids is 3. The van der Waals surface area contributed by atoms with Crippen molar-refractivity contribution < 1.29 is 19.1 Å². The SMILES string of the molecule is CCCNC(=O)NC(=O)COC(=O)c1ccc(SC)cc1. The van der Waals surface area contributed by atoms with Crippen molar-refractivity contribution in [2.45, 2.75) is 18.2 Å². The van der Waals surface area contributed by atoms with E-state index < -0.39 is 24.5 Å². The molecule has 0 unspecified atom stereocenters. The van der Waals surface area contributed by atoms with Gasteiger partial charge in [0.25, 0.3) is 5.91 Å². The van der Waals surface area contributed by atoms with Crippen LogP contribution >= 0.6 is 11.8 Å². The first-order valence-corrected chi connectivity index (χ1v) is 7.68. The summed E-state index contributed by atoms with van der Waals surface area (Å²) < 4.78 is 4.83. The number of hydrogen-bond acceptors (Lipinski definition) is 5. The standard InChI is InChI=1S/C14H18N2O4S/c1-3-8-15-14(19)16-12(17)9-20-13(18)10-4-6-11(21-2)7-5-10/h4-7H,3,8-9H2,1-2H3,(H2,15,16,17,19). The van der Waals surface area contributed by atoms with Crippen LogP contribution in [0.5, 0.6) is 0 Å². The van der Waals surface area contributed by atoms with Gasteiger partial charge in [-0.3, -0.25) is 10.1 Å². The summed E-state index contributed by atoms with van der Waals surface area (Å²) in [7, 11) is 0. The predicted octanol–water partition coefficient (Wildman–Crippen LogP) is 1.80. The van der Waals surface area contributed by atoms with E-state index in [2.05, 4.69) is 10.6 Å². The first-order valence-electron chi connectivity index (χ1n) is 6.45. The van der Waals surface area contributed by atoms with Gasteiger partial charge in [-0.25, -0.2) is 9.59 Å².